The number of thioether (sulfide) groups is 1. The van der Waals surface area contributed by atoms with Gasteiger partial charge in [-0.3, -0.25) is 29.3 Å². The fraction of sp³-hybridized carbons (Fsp3) is 0.395. The van der Waals surface area contributed by atoms with E-state index in [-0.39, 0.29) is 42.6 Å². The van der Waals surface area contributed by atoms with Crippen LogP contribution in [0.2, 0.25) is 0 Å². The van der Waals surface area contributed by atoms with E-state index in [2.05, 4.69) is 59.5 Å². The molecule has 4 aliphatic rings. The summed E-state index contributed by atoms with van der Waals surface area (Å²) in [5.41, 5.74) is 7.84. The Kier molecular flexibility index (Phi) is 9.97. The van der Waals surface area contributed by atoms with Crippen molar-refractivity contribution in [2.45, 2.75) is 81.8 Å². The molecule has 12 nitrogen and oxygen atoms in total. The molecule has 3 aromatic carbocycles. The average Bonchev–Trinajstić information content (AvgIpc) is 3.75. The summed E-state index contributed by atoms with van der Waals surface area (Å²) in [6.07, 6.45) is 2.87. The predicted octanol–water partition coefficient (Wildman–Crippen LogP) is 5.13. The van der Waals surface area contributed by atoms with E-state index in [4.69, 9.17) is 4.74 Å². The predicted molar refractivity (Wildman–Crippen MR) is 212 cm³/mol. The number of aryl methyl sites for hydroxylation is 1. The number of ketones is 1. The number of amides is 4. The van der Waals surface area contributed by atoms with Gasteiger partial charge in [0.05, 0.1) is 23.8 Å². The number of nitrogens with zero attached hydrogens (tertiary/aromatic N) is 3. The normalized spacial score (nSPS) is 19.1. The first-order valence-electron chi connectivity index (χ1n) is 19.3. The van der Waals surface area contributed by atoms with Crippen LogP contribution >= 0.6 is 11.8 Å². The molecule has 0 radical (unpaired) electrons. The molecule has 1 aliphatic carbocycles. The minimum Gasteiger partial charge on any atom is -0.371 e. The first-order chi connectivity index (χ1) is 27.0. The van der Waals surface area contributed by atoms with E-state index in [1.54, 1.807) is 28.8 Å². The van der Waals surface area contributed by atoms with Gasteiger partial charge in [0.2, 0.25) is 17.7 Å². The number of aromatic amines is 1. The van der Waals surface area contributed by atoms with Crippen LogP contribution in [-0.4, -0.2) is 83.4 Å². The van der Waals surface area contributed by atoms with Gasteiger partial charge < -0.3 is 24.8 Å². The molecule has 1 atom stereocenters. The maximum Gasteiger partial charge on any atom is 0.255 e. The van der Waals surface area contributed by atoms with Crippen molar-refractivity contribution in [2.75, 3.05) is 37.0 Å². The van der Waals surface area contributed by atoms with E-state index in [0.29, 0.717) is 42.0 Å². The lowest BCUT2D eigenvalue weighted by molar-refractivity contribution is -0.137. The minimum absolute atomic E-state index is 0.00667. The smallest absolute Gasteiger partial charge is 0.255 e. The number of H-pyrrole nitrogens is 1. The highest BCUT2D eigenvalue weighted by Crippen LogP contribution is 2.46. The van der Waals surface area contributed by atoms with E-state index < -0.39 is 17.4 Å². The number of rotatable bonds is 10. The van der Waals surface area contributed by atoms with Gasteiger partial charge in [-0.2, -0.15) is 5.26 Å². The summed E-state index contributed by atoms with van der Waals surface area (Å²) >= 11 is 1.55. The Labute approximate surface area is 329 Å². The van der Waals surface area contributed by atoms with E-state index >= 15 is 0 Å². The number of carbonyl (C=O) groups is 5. The Bertz CT molecular complexity index is 2350. The Hall–Kier alpha value is -5.45. The maximum absolute atomic E-state index is 14.1. The summed E-state index contributed by atoms with van der Waals surface area (Å²) in [5.74, 6) is -0.508. The largest absolute Gasteiger partial charge is 0.371 e. The average molecular weight is 773 g/mol. The van der Waals surface area contributed by atoms with Gasteiger partial charge in [-0.25, -0.2) is 0 Å². The second-order valence-corrected chi connectivity index (χ2v) is 16.6. The van der Waals surface area contributed by atoms with Gasteiger partial charge in [-0.1, -0.05) is 32.9 Å². The highest BCUT2D eigenvalue weighted by Gasteiger charge is 2.42. The molecule has 4 amide bonds. The fourth-order valence-corrected chi connectivity index (χ4v) is 9.70. The molecule has 1 unspecified atom stereocenters. The number of carbonyl (C=O) groups excluding carboxylic acids is 5. The molecule has 13 heteroatoms. The van der Waals surface area contributed by atoms with Gasteiger partial charge in [-0.05, 0) is 78.8 Å². The van der Waals surface area contributed by atoms with Crippen LogP contribution in [0.3, 0.4) is 0 Å². The van der Waals surface area contributed by atoms with Crippen molar-refractivity contribution in [1.29, 1.82) is 5.26 Å². The zero-order chi connectivity index (χ0) is 39.3. The Morgan fingerprint density at radius 3 is 2.61 bits per heavy atom. The molecule has 0 saturated carbocycles. The quantitative estimate of drug-likeness (QED) is 0.113. The minimum atomic E-state index is -0.659. The molecule has 0 spiro atoms. The number of imide groups is 1. The maximum atomic E-state index is 14.1. The molecule has 288 valence electrons. The lowest BCUT2D eigenvalue weighted by Crippen LogP contribution is -2.52. The van der Waals surface area contributed by atoms with Crippen LogP contribution in [-0.2, 0) is 37.5 Å². The zero-order valence-corrected chi connectivity index (χ0v) is 32.6. The van der Waals surface area contributed by atoms with Gasteiger partial charge in [-0.15, -0.1) is 11.8 Å². The van der Waals surface area contributed by atoms with Gasteiger partial charge in [0.1, 0.15) is 12.6 Å². The molecule has 1 aromatic heterocycles. The van der Waals surface area contributed by atoms with Gasteiger partial charge in [0.15, 0.2) is 5.78 Å². The van der Waals surface area contributed by atoms with Crippen LogP contribution in [0.15, 0.2) is 53.4 Å². The molecule has 3 N–H and O–H groups in total. The Morgan fingerprint density at radius 1 is 1.05 bits per heavy atom. The van der Waals surface area contributed by atoms with Crippen LogP contribution in [0, 0.1) is 11.3 Å². The first-order valence-corrected chi connectivity index (χ1v) is 20.3. The van der Waals surface area contributed by atoms with Crippen LogP contribution in [0.5, 0.6) is 0 Å². The highest BCUT2D eigenvalue weighted by molar-refractivity contribution is 7.99. The molecular weight excluding hydrogens is 729 g/mol. The third kappa shape index (κ3) is 6.64. The van der Waals surface area contributed by atoms with Crippen molar-refractivity contribution in [3.8, 4) is 6.07 Å². The zero-order valence-electron chi connectivity index (χ0n) is 31.8. The summed E-state index contributed by atoms with van der Waals surface area (Å²) in [4.78, 5) is 72.4. The lowest BCUT2D eigenvalue weighted by Gasteiger charge is -2.38. The van der Waals surface area contributed by atoms with E-state index in [1.165, 1.54) is 0 Å². The van der Waals surface area contributed by atoms with E-state index in [0.717, 1.165) is 81.8 Å². The van der Waals surface area contributed by atoms with Crippen LogP contribution in [0.1, 0.15) is 101 Å². The number of ether oxygens (including phenoxy) is 1. The third-order valence-corrected chi connectivity index (χ3v) is 12.8. The summed E-state index contributed by atoms with van der Waals surface area (Å²) < 4.78 is 5.75. The third-order valence-electron chi connectivity index (χ3n) is 11.8. The monoisotopic (exact) mass is 772 g/mol. The van der Waals surface area contributed by atoms with Gasteiger partial charge in [0, 0.05) is 81.6 Å². The molecule has 0 bridgehead atoms. The number of anilines is 1. The molecule has 56 heavy (non-hydrogen) atoms. The lowest BCUT2D eigenvalue weighted by atomic mass is 9.70. The van der Waals surface area contributed by atoms with Crippen molar-refractivity contribution in [3.63, 3.8) is 0 Å². The molecule has 2 saturated heterocycles. The number of benzene rings is 3. The van der Waals surface area contributed by atoms with Crippen LogP contribution in [0.4, 0.5) is 5.69 Å². The highest BCUT2D eigenvalue weighted by atomic mass is 32.2. The van der Waals surface area contributed by atoms with Crippen LogP contribution < -0.4 is 15.5 Å². The Balaban J connectivity index is 0.836. The van der Waals surface area contributed by atoms with Crippen molar-refractivity contribution in [2.24, 2.45) is 0 Å². The number of aromatic nitrogens is 1. The topological polar surface area (TPSA) is 165 Å². The first kappa shape index (κ1) is 37.5. The molecule has 8 rings (SSSR count). The van der Waals surface area contributed by atoms with Crippen molar-refractivity contribution in [1.82, 2.24) is 20.5 Å². The second-order valence-electron chi connectivity index (χ2n) is 15.5. The Morgan fingerprint density at radius 2 is 1.86 bits per heavy atom. The van der Waals surface area contributed by atoms with E-state index in [1.807, 2.05) is 24.3 Å². The molecular formula is C43H44N6O6S. The summed E-state index contributed by atoms with van der Waals surface area (Å²) in [6.45, 7) is 8.55. The summed E-state index contributed by atoms with van der Waals surface area (Å²) in [6, 6.07) is 16.8. The standard InChI is InChI=1S/C43H44N6O6S/c1-4-25-19-29-31(43(2,3)40-38(39(29)52)28-9-8-24(21-44)18-32(28)46-40)20-34(25)48-14-12-26(13-15-48)45-37(51)23-55-16-17-56-35-7-5-6-27-30(35)22-49(42(27)54)33-10-11-36(50)47-41(33)53/h5-9,18-20,26,33,46H,4,10-17,22-23H2,1-3H3,(H,45,51)(H,47,50,53). The second kappa shape index (κ2) is 14.9. The van der Waals surface area contributed by atoms with Crippen molar-refractivity contribution < 1.29 is 28.7 Å². The molecule has 4 aromatic rings. The number of hydrogen-bond acceptors (Lipinski definition) is 9. The van der Waals surface area contributed by atoms with Gasteiger partial charge in [0.25, 0.3) is 5.91 Å². The van der Waals surface area contributed by atoms with Crippen molar-refractivity contribution >= 4 is 57.8 Å². The SMILES string of the molecule is CCc1cc2c(cc1N1CCC(NC(=O)COCCSc3cccc4c3CN(C3CCC(=O)NC3=O)C4=O)CC1)C(C)(C)c1[nH]c3cc(C#N)ccc3c1C2=O. The summed E-state index contributed by atoms with van der Waals surface area (Å²) in [7, 11) is 0. The van der Waals surface area contributed by atoms with Crippen LogP contribution in [0.25, 0.3) is 10.9 Å². The molecule has 3 aliphatic heterocycles. The number of fused-ring (bicyclic) bond motifs is 5. The van der Waals surface area contributed by atoms with Gasteiger partial charge >= 0.3 is 0 Å². The molecule has 2 fully saturated rings. The summed E-state index contributed by atoms with van der Waals surface area (Å²) in [5, 5.41) is 15.8. The number of nitriles is 1. The number of hydrogen-bond donors (Lipinski definition) is 3. The van der Waals surface area contributed by atoms with E-state index in [9.17, 15) is 29.2 Å². The number of nitrogens with one attached hydrogen (secondary N) is 3. The fourth-order valence-electron chi connectivity index (χ4n) is 8.76. The molecule has 4 heterocycles. The van der Waals surface area contributed by atoms with Crippen molar-refractivity contribution in [3.05, 3.63) is 93.2 Å². The number of piperidine rings is 2.